The topological polar surface area (TPSA) is 29.3 Å². The highest BCUT2D eigenvalue weighted by molar-refractivity contribution is 9.10. The Morgan fingerprint density at radius 1 is 0.255 bits per heavy atom. The predicted molar refractivity (Wildman–Crippen MR) is 446 cm³/mol. The maximum atomic E-state index is 5.89. The van der Waals surface area contributed by atoms with Gasteiger partial charge in [-0.2, -0.15) is 0 Å². The van der Waals surface area contributed by atoms with Crippen LogP contribution in [0.4, 0.5) is 22.7 Å². The molecule has 0 saturated carbocycles. The highest BCUT2D eigenvalue weighted by Gasteiger charge is 2.46. The largest absolute Gasteiger partial charge is 0.399 e. The lowest BCUT2D eigenvalue weighted by Gasteiger charge is -2.35. The van der Waals surface area contributed by atoms with Gasteiger partial charge in [0.05, 0.1) is 11.4 Å². The van der Waals surface area contributed by atoms with Crippen LogP contribution in [0.3, 0.4) is 0 Å². The molecule has 15 rings (SSSR count). The van der Waals surface area contributed by atoms with Gasteiger partial charge in [-0.1, -0.05) is 343 Å². The molecule has 0 aromatic heterocycles. The van der Waals surface area contributed by atoms with E-state index < -0.39 is 0 Å². The first-order valence-corrected chi connectivity index (χ1v) is 38.5. The van der Waals surface area contributed by atoms with Crippen molar-refractivity contribution in [3.63, 3.8) is 0 Å². The molecule has 2 nitrogen and oxygen atoms in total. The highest BCUT2D eigenvalue weighted by Crippen LogP contribution is 2.62. The molecule has 0 bridgehead atoms. The van der Waals surface area contributed by atoms with Crippen molar-refractivity contribution < 1.29 is 0 Å². The first kappa shape index (κ1) is 72.6. The van der Waals surface area contributed by atoms with Crippen LogP contribution in [0.25, 0.3) is 55.6 Å². The Bertz CT molecular complexity index is 4940. The van der Waals surface area contributed by atoms with Crippen LogP contribution < -0.4 is 10.6 Å². The SMILES string of the molecule is CC(C)(C)c1ccc2c(c1)C(C)(C)c1cc(C(C)(C)C)cc(Br)c1-2.CC(C)(C)c1ccc2c(c1)C(C)(C)c1cc(C(C)(C)C)cc(N(c3ccc4c(c3)C(C)(C)c3ccccc3-4)c3cc(C(C)(C)C)cc4c3-c3ccc(C(C)(C)C)cc3C4(C)C)c1-2.CC1(C)c2ccccc2-c2ccc(N)cc21. The van der Waals surface area contributed by atoms with Gasteiger partial charge in [0.1, 0.15) is 0 Å². The fourth-order valence-electron chi connectivity index (χ4n) is 17.5. The molecule has 0 unspecified atom stereocenters. The Kier molecular flexibility index (Phi) is 16.8. The van der Waals surface area contributed by atoms with Gasteiger partial charge in [0, 0.05) is 59.6 Å². The van der Waals surface area contributed by atoms with E-state index in [2.05, 4.69) is 385 Å². The second-order valence-corrected chi connectivity index (χ2v) is 40.4. The first-order valence-electron chi connectivity index (χ1n) is 37.7. The summed E-state index contributed by atoms with van der Waals surface area (Å²) < 4.78 is 1.22. The third kappa shape index (κ3) is 11.8. The van der Waals surface area contributed by atoms with E-state index in [9.17, 15) is 0 Å². The molecule has 5 aliphatic carbocycles. The molecule has 528 valence electrons. The molecule has 3 heteroatoms. The minimum absolute atomic E-state index is 0.0374. The van der Waals surface area contributed by atoms with Crippen LogP contribution in [0.2, 0.25) is 0 Å². The zero-order valence-corrected chi connectivity index (χ0v) is 68.7. The van der Waals surface area contributed by atoms with Gasteiger partial charge in [-0.3, -0.25) is 0 Å². The van der Waals surface area contributed by atoms with Crippen molar-refractivity contribution in [1.82, 2.24) is 0 Å². The summed E-state index contributed by atoms with van der Waals surface area (Å²) in [7, 11) is 0. The summed E-state index contributed by atoms with van der Waals surface area (Å²) in [6.45, 7) is 66.0. The summed E-state index contributed by atoms with van der Waals surface area (Å²) in [5.74, 6) is 0. The van der Waals surface area contributed by atoms with Crippen LogP contribution in [-0.4, -0.2) is 0 Å². The zero-order chi connectivity index (χ0) is 74.5. The number of nitrogen functional groups attached to an aromatic ring is 1. The molecule has 0 atom stereocenters. The summed E-state index contributed by atoms with van der Waals surface area (Å²) in [6, 6.07) is 68.1. The Morgan fingerprint density at radius 2 is 0.529 bits per heavy atom. The minimum Gasteiger partial charge on any atom is -0.399 e. The van der Waals surface area contributed by atoms with Gasteiger partial charge in [-0.25, -0.2) is 0 Å². The predicted octanol–water partition coefficient (Wildman–Crippen LogP) is 28.2. The van der Waals surface area contributed by atoms with Gasteiger partial charge >= 0.3 is 0 Å². The zero-order valence-electron chi connectivity index (χ0n) is 67.1. The maximum Gasteiger partial charge on any atom is 0.0546 e. The van der Waals surface area contributed by atoms with Crippen LogP contribution in [-0.2, 0) is 59.6 Å². The summed E-state index contributed by atoms with van der Waals surface area (Å²) in [4.78, 5) is 2.72. The monoisotopic (exact) mass is 1410 g/mol. The third-order valence-corrected chi connectivity index (χ3v) is 25.0. The summed E-state index contributed by atoms with van der Waals surface area (Å²) in [5, 5.41) is 0. The summed E-state index contributed by atoms with van der Waals surface area (Å²) >= 11 is 3.87. The molecular formula is C99H115BrN2. The van der Waals surface area contributed by atoms with Crippen molar-refractivity contribution in [1.29, 1.82) is 0 Å². The lowest BCUT2D eigenvalue weighted by molar-refractivity contribution is 0.579. The van der Waals surface area contributed by atoms with Crippen molar-refractivity contribution >= 4 is 38.7 Å². The molecule has 10 aromatic carbocycles. The van der Waals surface area contributed by atoms with Crippen molar-refractivity contribution in [2.45, 2.75) is 253 Å². The normalized spacial score (nSPS) is 16.3. The molecular weight excluding hydrogens is 1300 g/mol. The van der Waals surface area contributed by atoms with E-state index in [1.807, 2.05) is 6.07 Å². The number of rotatable bonds is 3. The maximum absolute atomic E-state index is 5.89. The van der Waals surface area contributed by atoms with Gasteiger partial charge in [0.15, 0.2) is 0 Å². The number of hydrogen-bond donors (Lipinski definition) is 1. The lowest BCUT2D eigenvalue weighted by Crippen LogP contribution is -2.22. The number of halogens is 1. The fraction of sp³-hybridized carbons (Fsp3) is 0.394. The van der Waals surface area contributed by atoms with Gasteiger partial charge in [-0.15, -0.1) is 0 Å². The van der Waals surface area contributed by atoms with E-state index >= 15 is 0 Å². The number of hydrogen-bond acceptors (Lipinski definition) is 2. The average molecular weight is 1410 g/mol. The second-order valence-electron chi connectivity index (χ2n) is 39.6. The molecule has 0 heterocycles. The highest BCUT2D eigenvalue weighted by atomic mass is 79.9. The number of fused-ring (bicyclic) bond motifs is 15. The van der Waals surface area contributed by atoms with Crippen molar-refractivity contribution in [2.24, 2.45) is 0 Å². The minimum atomic E-state index is -0.192. The quantitative estimate of drug-likeness (QED) is 0.179. The summed E-state index contributed by atoms with van der Waals surface area (Å²) in [6.07, 6.45) is 0. The number of nitrogens with two attached hydrogens (primary N) is 1. The Balaban J connectivity index is 0.000000187. The molecule has 10 aromatic rings. The molecule has 102 heavy (non-hydrogen) atoms. The van der Waals surface area contributed by atoms with Crippen LogP contribution in [0, 0.1) is 0 Å². The Hall–Kier alpha value is -7.72. The molecule has 0 spiro atoms. The van der Waals surface area contributed by atoms with Gasteiger partial charge in [0.2, 0.25) is 0 Å². The van der Waals surface area contributed by atoms with Crippen LogP contribution in [0.15, 0.2) is 180 Å². The molecule has 5 aliphatic rings. The molecule has 0 amide bonds. The molecule has 0 saturated heterocycles. The van der Waals surface area contributed by atoms with Crippen molar-refractivity contribution in [3.05, 3.63) is 269 Å². The van der Waals surface area contributed by atoms with E-state index in [0.29, 0.717) is 0 Å². The average Bonchev–Trinajstić information content (AvgIpc) is 1.49. The Morgan fingerprint density at radius 3 is 0.902 bits per heavy atom. The molecule has 2 N–H and O–H groups in total. The Labute approximate surface area is 623 Å². The van der Waals surface area contributed by atoms with E-state index in [4.69, 9.17) is 5.73 Å². The molecule has 0 fully saturated rings. The van der Waals surface area contributed by atoms with Gasteiger partial charge in [0.25, 0.3) is 0 Å². The smallest absolute Gasteiger partial charge is 0.0546 e. The van der Waals surface area contributed by atoms with Gasteiger partial charge in [-0.05, 0) is 203 Å². The van der Waals surface area contributed by atoms with E-state index in [1.54, 1.807) is 0 Å². The number of anilines is 4. The van der Waals surface area contributed by atoms with Crippen molar-refractivity contribution in [2.75, 3.05) is 10.6 Å². The van der Waals surface area contributed by atoms with E-state index in [0.717, 1.165) is 5.69 Å². The number of nitrogens with zero attached hydrogens (tertiary/aromatic N) is 1. The van der Waals surface area contributed by atoms with Crippen LogP contribution >= 0.6 is 15.9 Å². The lowest BCUT2D eigenvalue weighted by atomic mass is 9.77. The summed E-state index contributed by atoms with van der Waals surface area (Å²) in [5.41, 5.74) is 46.3. The van der Waals surface area contributed by atoms with Gasteiger partial charge < -0.3 is 10.6 Å². The van der Waals surface area contributed by atoms with Crippen molar-refractivity contribution in [3.8, 4) is 55.6 Å². The van der Waals surface area contributed by atoms with Crippen LogP contribution in [0.5, 0.6) is 0 Å². The van der Waals surface area contributed by atoms with Crippen LogP contribution in [0.1, 0.15) is 283 Å². The third-order valence-electron chi connectivity index (χ3n) is 24.3. The standard InChI is InChI=1S/C61H71N.C23H29Br.C15H15N/c1-55(2,3)36-23-26-43-46(29-36)60(15,16)49-31-38(57(7,8)9)33-51(53(43)49)62(40-25-28-42-41-21-19-20-22-45(41)59(13,14)48(42)35-40)52-34-39(58(10,11)12)32-50-54(52)44-27-24-37(56(4,5)6)30-47(44)61(50,17)18;1-21(2,3)14-9-10-16-17(11-14)23(7,8)18-12-15(22(4,5)6)13-19(24)20(16)18;1-15(2)13-6-4-3-5-11(13)12-8-7-10(16)9-14(12)15/h19-35H,1-18H3;9-13H,1-8H3;3-9H,16H2,1-2H3. The fourth-order valence-corrected chi connectivity index (χ4v) is 18.1. The molecule has 0 radical (unpaired) electrons. The second kappa shape index (κ2) is 23.6. The number of benzene rings is 10. The van der Waals surface area contributed by atoms with E-state index in [1.165, 1.54) is 166 Å². The first-order chi connectivity index (χ1) is 47.0. The molecule has 0 aliphatic heterocycles. The van der Waals surface area contributed by atoms with E-state index in [-0.39, 0.29) is 59.6 Å².